The zero-order chi connectivity index (χ0) is 18.8. The predicted molar refractivity (Wildman–Crippen MR) is 103 cm³/mol. The van der Waals surface area contributed by atoms with Crippen molar-refractivity contribution < 1.29 is 14.0 Å². The van der Waals surface area contributed by atoms with Gasteiger partial charge >= 0.3 is 0 Å². The quantitative estimate of drug-likeness (QED) is 0.715. The average molecular weight is 371 g/mol. The Morgan fingerprint density at radius 2 is 1.77 bits per heavy atom. The molecule has 134 valence electrons. The predicted octanol–water partition coefficient (Wildman–Crippen LogP) is 4.38. The van der Waals surface area contributed by atoms with Crippen LogP contribution in [0.5, 0.6) is 0 Å². The van der Waals surface area contributed by atoms with E-state index in [4.69, 9.17) is 16.0 Å². The zero-order valence-electron chi connectivity index (χ0n) is 14.8. The Morgan fingerprint density at radius 1 is 1.08 bits per heavy atom. The number of rotatable bonds is 4. The number of benzene rings is 2. The summed E-state index contributed by atoms with van der Waals surface area (Å²) in [4.78, 5) is 24.6. The van der Waals surface area contributed by atoms with Gasteiger partial charge in [0.25, 0.3) is 5.91 Å². The van der Waals surface area contributed by atoms with E-state index in [-0.39, 0.29) is 18.2 Å². The molecule has 1 heterocycles. The largest absolute Gasteiger partial charge is 0.451 e. The molecule has 0 saturated heterocycles. The van der Waals surface area contributed by atoms with Gasteiger partial charge in [-0.05, 0) is 50.1 Å². The molecule has 2 amide bonds. The van der Waals surface area contributed by atoms with E-state index in [0.29, 0.717) is 16.2 Å². The molecule has 3 aromatic rings. The van der Waals surface area contributed by atoms with Crippen molar-refractivity contribution in [2.24, 2.45) is 0 Å². The Hall–Kier alpha value is -2.79. The minimum Gasteiger partial charge on any atom is -0.451 e. The SMILES string of the molecule is Cc1cccc(C)c1NC(=O)CNC(=O)c1oc2ccc(Cl)cc2c1C. The van der Waals surface area contributed by atoms with E-state index < -0.39 is 5.91 Å². The number of hydrogen-bond acceptors (Lipinski definition) is 3. The number of furan rings is 1. The first kappa shape index (κ1) is 18.0. The van der Waals surface area contributed by atoms with Gasteiger partial charge in [0.05, 0.1) is 6.54 Å². The van der Waals surface area contributed by atoms with Gasteiger partial charge in [-0.15, -0.1) is 0 Å². The second-order valence-electron chi connectivity index (χ2n) is 6.19. The van der Waals surface area contributed by atoms with E-state index >= 15 is 0 Å². The monoisotopic (exact) mass is 370 g/mol. The van der Waals surface area contributed by atoms with Gasteiger partial charge in [-0.1, -0.05) is 29.8 Å². The number of hydrogen-bond donors (Lipinski definition) is 2. The molecule has 0 fully saturated rings. The highest BCUT2D eigenvalue weighted by molar-refractivity contribution is 6.31. The number of amides is 2. The number of anilines is 1. The lowest BCUT2D eigenvalue weighted by molar-refractivity contribution is -0.115. The van der Waals surface area contributed by atoms with Crippen molar-refractivity contribution in [2.45, 2.75) is 20.8 Å². The minimum absolute atomic E-state index is 0.149. The molecular weight excluding hydrogens is 352 g/mol. The summed E-state index contributed by atoms with van der Waals surface area (Å²) in [5.74, 6) is -0.554. The average Bonchev–Trinajstić information content (AvgIpc) is 2.93. The number of carbonyl (C=O) groups is 2. The lowest BCUT2D eigenvalue weighted by Crippen LogP contribution is -2.33. The summed E-state index contributed by atoms with van der Waals surface area (Å²) >= 11 is 5.99. The van der Waals surface area contributed by atoms with Crippen molar-refractivity contribution in [3.05, 3.63) is 63.9 Å². The second kappa shape index (κ2) is 7.22. The highest BCUT2D eigenvalue weighted by atomic mass is 35.5. The summed E-state index contributed by atoms with van der Waals surface area (Å²) in [7, 11) is 0. The van der Waals surface area contributed by atoms with Crippen molar-refractivity contribution in [1.82, 2.24) is 5.32 Å². The van der Waals surface area contributed by atoms with Crippen molar-refractivity contribution >= 4 is 40.1 Å². The summed E-state index contributed by atoms with van der Waals surface area (Å²) in [5.41, 5.74) is 3.97. The normalized spacial score (nSPS) is 10.8. The van der Waals surface area contributed by atoms with Crippen LogP contribution < -0.4 is 10.6 Å². The third-order valence-electron chi connectivity index (χ3n) is 4.26. The molecule has 26 heavy (non-hydrogen) atoms. The van der Waals surface area contributed by atoms with Gasteiger partial charge in [0.2, 0.25) is 5.91 Å². The fourth-order valence-corrected chi connectivity index (χ4v) is 3.02. The maximum absolute atomic E-state index is 12.4. The Morgan fingerprint density at radius 3 is 2.46 bits per heavy atom. The van der Waals surface area contributed by atoms with Gasteiger partial charge in [0, 0.05) is 21.7 Å². The van der Waals surface area contributed by atoms with Crippen LogP contribution in [0.4, 0.5) is 5.69 Å². The van der Waals surface area contributed by atoms with Crippen molar-refractivity contribution in [3.8, 4) is 0 Å². The van der Waals surface area contributed by atoms with E-state index in [9.17, 15) is 9.59 Å². The number of carbonyl (C=O) groups excluding carboxylic acids is 2. The van der Waals surface area contributed by atoms with E-state index in [2.05, 4.69) is 10.6 Å². The number of fused-ring (bicyclic) bond motifs is 1. The van der Waals surface area contributed by atoms with E-state index in [1.165, 1.54) is 0 Å². The van der Waals surface area contributed by atoms with Crippen LogP contribution in [0.25, 0.3) is 11.0 Å². The van der Waals surface area contributed by atoms with Gasteiger partial charge in [-0.25, -0.2) is 0 Å². The third kappa shape index (κ3) is 3.58. The fraction of sp³-hybridized carbons (Fsp3) is 0.200. The molecule has 3 rings (SSSR count). The van der Waals surface area contributed by atoms with Gasteiger partial charge in [-0.2, -0.15) is 0 Å². The smallest absolute Gasteiger partial charge is 0.287 e. The first-order valence-electron chi connectivity index (χ1n) is 8.19. The molecule has 0 aliphatic rings. The Balaban J connectivity index is 1.69. The minimum atomic E-state index is -0.438. The van der Waals surface area contributed by atoms with Gasteiger partial charge in [-0.3, -0.25) is 9.59 Å². The summed E-state index contributed by atoms with van der Waals surface area (Å²) in [6.07, 6.45) is 0. The lowest BCUT2D eigenvalue weighted by Gasteiger charge is -2.11. The second-order valence-corrected chi connectivity index (χ2v) is 6.63. The summed E-state index contributed by atoms with van der Waals surface area (Å²) in [6.45, 7) is 5.48. The highest BCUT2D eigenvalue weighted by Crippen LogP contribution is 2.27. The molecule has 5 nitrogen and oxygen atoms in total. The first-order chi connectivity index (χ1) is 12.4. The number of para-hydroxylation sites is 1. The standard InChI is InChI=1S/C20H19ClN2O3/c1-11-5-4-6-12(2)18(11)23-17(24)10-22-20(25)19-13(3)15-9-14(21)7-8-16(15)26-19/h4-9H,10H2,1-3H3,(H,22,25)(H,23,24). The third-order valence-corrected chi connectivity index (χ3v) is 4.49. The molecule has 0 aliphatic carbocycles. The molecule has 1 aromatic heterocycles. The summed E-state index contributed by atoms with van der Waals surface area (Å²) in [5, 5.41) is 6.78. The van der Waals surface area contributed by atoms with Gasteiger partial charge in [0.15, 0.2) is 5.76 Å². The molecule has 2 aromatic carbocycles. The van der Waals surface area contributed by atoms with Crippen LogP contribution in [-0.2, 0) is 4.79 Å². The lowest BCUT2D eigenvalue weighted by atomic mass is 10.1. The molecular formula is C20H19ClN2O3. The molecule has 6 heteroatoms. The van der Waals surface area contributed by atoms with Crippen LogP contribution in [-0.4, -0.2) is 18.4 Å². The Kier molecular flexibility index (Phi) is 5.00. The topological polar surface area (TPSA) is 71.3 Å². The maximum Gasteiger partial charge on any atom is 0.287 e. The van der Waals surface area contributed by atoms with Gasteiger partial charge < -0.3 is 15.1 Å². The van der Waals surface area contributed by atoms with Crippen LogP contribution in [0.15, 0.2) is 40.8 Å². The van der Waals surface area contributed by atoms with E-state index in [1.807, 2.05) is 32.0 Å². The molecule has 0 bridgehead atoms. The van der Waals surface area contributed by atoms with Crippen molar-refractivity contribution in [3.63, 3.8) is 0 Å². The fourth-order valence-electron chi connectivity index (χ4n) is 2.85. The van der Waals surface area contributed by atoms with Crippen LogP contribution in [0.3, 0.4) is 0 Å². The Bertz CT molecular complexity index is 987. The molecule has 2 N–H and O–H groups in total. The Labute approximate surface area is 156 Å². The van der Waals surface area contributed by atoms with Crippen molar-refractivity contribution in [1.29, 1.82) is 0 Å². The maximum atomic E-state index is 12.4. The zero-order valence-corrected chi connectivity index (χ0v) is 15.5. The van der Waals surface area contributed by atoms with Crippen LogP contribution in [0.2, 0.25) is 5.02 Å². The molecule has 0 aliphatic heterocycles. The molecule has 0 unspecified atom stereocenters. The van der Waals surface area contributed by atoms with E-state index in [1.54, 1.807) is 25.1 Å². The first-order valence-corrected chi connectivity index (χ1v) is 8.57. The van der Waals surface area contributed by atoms with Crippen molar-refractivity contribution in [2.75, 3.05) is 11.9 Å². The summed E-state index contributed by atoms with van der Waals surface area (Å²) in [6, 6.07) is 10.9. The molecule has 0 atom stereocenters. The van der Waals surface area contributed by atoms with E-state index in [0.717, 1.165) is 22.2 Å². The van der Waals surface area contributed by atoms with Crippen LogP contribution >= 0.6 is 11.6 Å². The number of halogens is 1. The van der Waals surface area contributed by atoms with Gasteiger partial charge in [0.1, 0.15) is 5.58 Å². The van der Waals surface area contributed by atoms with Crippen LogP contribution in [0.1, 0.15) is 27.2 Å². The molecule has 0 radical (unpaired) electrons. The summed E-state index contributed by atoms with van der Waals surface area (Å²) < 4.78 is 5.60. The number of aryl methyl sites for hydroxylation is 3. The highest BCUT2D eigenvalue weighted by Gasteiger charge is 2.18. The molecule has 0 saturated carbocycles. The van der Waals surface area contributed by atoms with Crippen LogP contribution in [0, 0.1) is 20.8 Å². The number of nitrogens with one attached hydrogen (secondary N) is 2. The molecule has 0 spiro atoms.